The summed E-state index contributed by atoms with van der Waals surface area (Å²) in [5.74, 6) is -0.0435. The maximum atomic E-state index is 12.2. The van der Waals surface area contributed by atoms with Crippen molar-refractivity contribution in [2.75, 3.05) is 6.54 Å². The minimum atomic E-state index is -0.0435. The Balaban J connectivity index is 1.64. The Morgan fingerprint density at radius 1 is 1.27 bits per heavy atom. The van der Waals surface area contributed by atoms with E-state index < -0.39 is 0 Å². The van der Waals surface area contributed by atoms with Crippen molar-refractivity contribution in [2.24, 2.45) is 7.05 Å². The first-order valence-electron chi connectivity index (χ1n) is 8.57. The average Bonchev–Trinajstić information content (AvgIpc) is 3.07. The average molecular weight is 367 g/mol. The molecular formula is C20H19ClN4O. The minimum Gasteiger partial charge on any atom is -0.352 e. The number of aromatic nitrogens is 3. The van der Waals surface area contributed by atoms with Gasteiger partial charge in [0.1, 0.15) is 5.69 Å². The highest BCUT2D eigenvalue weighted by atomic mass is 35.5. The van der Waals surface area contributed by atoms with Gasteiger partial charge in [0.2, 0.25) is 0 Å². The van der Waals surface area contributed by atoms with Crippen LogP contribution in [0.25, 0.3) is 11.4 Å². The number of halogens is 1. The quantitative estimate of drug-likeness (QED) is 0.773. The van der Waals surface area contributed by atoms with Gasteiger partial charge in [-0.2, -0.15) is 5.10 Å². The summed E-state index contributed by atoms with van der Waals surface area (Å²) in [5.41, 5.74) is 6.50. The number of pyridine rings is 1. The van der Waals surface area contributed by atoms with Crippen molar-refractivity contribution in [3.63, 3.8) is 0 Å². The minimum absolute atomic E-state index is 0.0435. The lowest BCUT2D eigenvalue weighted by Gasteiger charge is -2.21. The van der Waals surface area contributed by atoms with Crippen LogP contribution in [0.5, 0.6) is 0 Å². The monoisotopic (exact) mass is 366 g/mol. The van der Waals surface area contributed by atoms with Gasteiger partial charge in [-0.25, -0.2) is 0 Å². The fourth-order valence-electron chi connectivity index (χ4n) is 3.33. The van der Waals surface area contributed by atoms with Gasteiger partial charge < -0.3 is 5.32 Å². The number of carbonyl (C=O) groups excluding carboxylic acids is 1. The molecule has 0 saturated carbocycles. The molecule has 6 heteroatoms. The molecule has 0 aliphatic carbocycles. The van der Waals surface area contributed by atoms with Crippen LogP contribution >= 0.6 is 11.6 Å². The summed E-state index contributed by atoms with van der Waals surface area (Å²) < 4.78 is 1.76. The van der Waals surface area contributed by atoms with Gasteiger partial charge in [-0.15, -0.1) is 0 Å². The topological polar surface area (TPSA) is 59.8 Å². The highest BCUT2D eigenvalue weighted by Gasteiger charge is 2.22. The molecule has 0 radical (unpaired) electrons. The number of aryl methyl sites for hydroxylation is 1. The van der Waals surface area contributed by atoms with Crippen LogP contribution in [0.15, 0.2) is 36.7 Å². The van der Waals surface area contributed by atoms with E-state index in [2.05, 4.69) is 15.4 Å². The van der Waals surface area contributed by atoms with Gasteiger partial charge >= 0.3 is 0 Å². The van der Waals surface area contributed by atoms with Crippen LogP contribution < -0.4 is 5.32 Å². The van der Waals surface area contributed by atoms with E-state index in [0.29, 0.717) is 23.6 Å². The van der Waals surface area contributed by atoms with Crippen LogP contribution in [0.3, 0.4) is 0 Å². The van der Waals surface area contributed by atoms with E-state index in [9.17, 15) is 4.79 Å². The van der Waals surface area contributed by atoms with Gasteiger partial charge in [0.25, 0.3) is 5.91 Å². The fraction of sp³-hybridized carbons (Fsp3) is 0.250. The molecule has 3 aromatic rings. The zero-order valence-corrected chi connectivity index (χ0v) is 15.5. The molecule has 1 aliphatic rings. The Labute approximate surface area is 157 Å². The molecule has 0 saturated heterocycles. The maximum absolute atomic E-state index is 12.2. The Morgan fingerprint density at radius 2 is 2.12 bits per heavy atom. The van der Waals surface area contributed by atoms with E-state index >= 15 is 0 Å². The number of nitrogens with one attached hydrogen (secondary N) is 1. The highest BCUT2D eigenvalue weighted by Crippen LogP contribution is 2.31. The largest absolute Gasteiger partial charge is 0.352 e. The third-order valence-electron chi connectivity index (χ3n) is 4.82. The Morgan fingerprint density at radius 3 is 2.81 bits per heavy atom. The van der Waals surface area contributed by atoms with Crippen LogP contribution in [-0.4, -0.2) is 27.2 Å². The Hall–Kier alpha value is -2.66. The van der Waals surface area contributed by atoms with Crippen molar-refractivity contribution in [3.05, 3.63) is 69.5 Å². The summed E-state index contributed by atoms with van der Waals surface area (Å²) in [7, 11) is 1.89. The predicted octanol–water partition coefficient (Wildman–Crippen LogP) is 3.32. The summed E-state index contributed by atoms with van der Waals surface area (Å²) in [6, 6.07) is 7.93. The second-order valence-corrected chi connectivity index (χ2v) is 6.99. The first kappa shape index (κ1) is 16.8. The molecule has 1 amide bonds. The maximum Gasteiger partial charge on any atom is 0.251 e. The molecule has 1 aliphatic heterocycles. The molecule has 132 valence electrons. The summed E-state index contributed by atoms with van der Waals surface area (Å²) in [6.07, 6.45) is 5.22. The number of carbonyl (C=O) groups is 1. The third-order valence-corrected chi connectivity index (χ3v) is 5.33. The lowest BCUT2D eigenvalue weighted by atomic mass is 9.91. The van der Waals surface area contributed by atoms with Crippen LogP contribution in [0.4, 0.5) is 0 Å². The van der Waals surface area contributed by atoms with E-state index in [1.807, 2.05) is 50.6 Å². The van der Waals surface area contributed by atoms with Gasteiger partial charge in [-0.1, -0.05) is 17.7 Å². The van der Waals surface area contributed by atoms with E-state index in [-0.39, 0.29) is 5.91 Å². The molecule has 1 aromatic carbocycles. The number of fused-ring (bicyclic) bond motifs is 1. The molecule has 26 heavy (non-hydrogen) atoms. The third kappa shape index (κ3) is 2.99. The van der Waals surface area contributed by atoms with Gasteiger partial charge in [0.05, 0.1) is 5.69 Å². The molecule has 0 bridgehead atoms. The molecule has 2 aromatic heterocycles. The van der Waals surface area contributed by atoms with Gasteiger partial charge in [-0.05, 0) is 60.2 Å². The summed E-state index contributed by atoms with van der Waals surface area (Å²) >= 11 is 6.55. The van der Waals surface area contributed by atoms with Crippen LogP contribution in [0.1, 0.15) is 32.6 Å². The molecule has 1 N–H and O–H groups in total. The van der Waals surface area contributed by atoms with Crippen molar-refractivity contribution in [2.45, 2.75) is 19.8 Å². The van der Waals surface area contributed by atoms with Crippen LogP contribution in [0.2, 0.25) is 5.02 Å². The zero-order valence-electron chi connectivity index (χ0n) is 14.7. The Bertz CT molecular complexity index is 992. The first-order valence-corrected chi connectivity index (χ1v) is 8.94. The van der Waals surface area contributed by atoms with E-state index in [1.54, 1.807) is 4.68 Å². The molecule has 0 atom stereocenters. The summed E-state index contributed by atoms with van der Waals surface area (Å²) in [5, 5.41) is 7.97. The van der Waals surface area contributed by atoms with Crippen LogP contribution in [-0.2, 0) is 19.9 Å². The number of hydrogen-bond acceptors (Lipinski definition) is 3. The van der Waals surface area contributed by atoms with Crippen molar-refractivity contribution >= 4 is 17.5 Å². The molecule has 0 spiro atoms. The number of benzene rings is 1. The number of amides is 1. The molecule has 0 unspecified atom stereocenters. The fourth-order valence-corrected chi connectivity index (χ4v) is 3.65. The Kier molecular flexibility index (Phi) is 4.24. The van der Waals surface area contributed by atoms with E-state index in [1.165, 1.54) is 0 Å². The predicted molar refractivity (Wildman–Crippen MR) is 101 cm³/mol. The SMILES string of the molecule is Cc1c(Cc2ccc(-c3ccn(C)n3)nc2)cc2c(c1Cl)CCNC2=O. The lowest BCUT2D eigenvalue weighted by Crippen LogP contribution is -2.32. The van der Waals surface area contributed by atoms with Crippen molar-refractivity contribution in [1.29, 1.82) is 0 Å². The molecular weight excluding hydrogens is 348 g/mol. The second kappa shape index (κ2) is 6.57. The van der Waals surface area contributed by atoms with Crippen molar-refractivity contribution < 1.29 is 4.79 Å². The molecule has 0 fully saturated rings. The molecule has 4 rings (SSSR count). The summed E-state index contributed by atoms with van der Waals surface area (Å²) in [4.78, 5) is 16.7. The van der Waals surface area contributed by atoms with Crippen molar-refractivity contribution in [3.8, 4) is 11.4 Å². The lowest BCUT2D eigenvalue weighted by molar-refractivity contribution is 0.0946. The number of hydrogen-bond donors (Lipinski definition) is 1. The number of rotatable bonds is 3. The standard InChI is InChI=1S/C20H19ClN4O/c1-12-14(10-16-15(19(12)21)5-7-22-20(16)26)9-13-3-4-17(23-11-13)18-6-8-25(2)24-18/h3-4,6,8,10-11H,5,7,9H2,1-2H3,(H,22,26). The molecule has 5 nitrogen and oxygen atoms in total. The van der Waals surface area contributed by atoms with E-state index in [4.69, 9.17) is 11.6 Å². The number of nitrogens with zero attached hydrogens (tertiary/aromatic N) is 3. The van der Waals surface area contributed by atoms with Gasteiger partial charge in [-0.3, -0.25) is 14.5 Å². The molecule has 3 heterocycles. The highest BCUT2D eigenvalue weighted by molar-refractivity contribution is 6.32. The zero-order chi connectivity index (χ0) is 18.3. The normalized spacial score (nSPS) is 13.4. The van der Waals surface area contributed by atoms with Gasteiger partial charge in [0, 0.05) is 36.6 Å². The summed E-state index contributed by atoms with van der Waals surface area (Å²) in [6.45, 7) is 2.66. The van der Waals surface area contributed by atoms with Crippen molar-refractivity contribution in [1.82, 2.24) is 20.1 Å². The first-order chi connectivity index (χ1) is 12.5. The van der Waals surface area contributed by atoms with E-state index in [0.717, 1.165) is 40.1 Å². The smallest absolute Gasteiger partial charge is 0.251 e. The second-order valence-electron chi connectivity index (χ2n) is 6.61. The van der Waals surface area contributed by atoms with Gasteiger partial charge in [0.15, 0.2) is 0 Å². The van der Waals surface area contributed by atoms with Crippen LogP contribution in [0, 0.1) is 6.92 Å².